The maximum Gasteiger partial charge on any atom is 0.149 e. The Kier molecular flexibility index (Phi) is 5.09. The van der Waals surface area contributed by atoms with Crippen molar-refractivity contribution in [3.63, 3.8) is 0 Å². The van der Waals surface area contributed by atoms with Gasteiger partial charge in [0, 0.05) is 31.0 Å². The van der Waals surface area contributed by atoms with Crippen LogP contribution in [0.3, 0.4) is 0 Å². The van der Waals surface area contributed by atoms with Crippen molar-refractivity contribution in [3.05, 3.63) is 59.9 Å². The number of hydrogen-bond donors (Lipinski definition) is 1. The summed E-state index contributed by atoms with van der Waals surface area (Å²) in [5, 5.41) is 19.8. The molecular weight excluding hydrogens is 360 g/mol. The number of rotatable bonds is 3. The maximum absolute atomic E-state index is 10.0. The van der Waals surface area contributed by atoms with Crippen molar-refractivity contribution in [3.8, 4) is 34.4 Å². The first-order valence-electron chi connectivity index (χ1n) is 9.62. The minimum atomic E-state index is 0.163. The smallest absolute Gasteiger partial charge is 0.149 e. The lowest BCUT2D eigenvalue weighted by molar-refractivity contribution is 0.573. The summed E-state index contributed by atoms with van der Waals surface area (Å²) in [6.45, 7) is 1.67. The van der Waals surface area contributed by atoms with Crippen LogP contribution >= 0.6 is 0 Å². The van der Waals surface area contributed by atoms with E-state index in [9.17, 15) is 10.5 Å². The summed E-state index contributed by atoms with van der Waals surface area (Å²) in [6, 6.07) is 16.1. The van der Waals surface area contributed by atoms with Crippen molar-refractivity contribution >= 4 is 11.6 Å². The molecule has 0 atom stereocenters. The Morgan fingerprint density at radius 2 is 1.55 bits per heavy atom. The first-order chi connectivity index (χ1) is 14.2. The predicted octanol–water partition coefficient (Wildman–Crippen LogP) is 4.13. The van der Waals surface area contributed by atoms with Crippen molar-refractivity contribution in [1.29, 1.82) is 10.5 Å². The maximum atomic E-state index is 10.0. The SMILES string of the molecule is N#Cc1c(N)nc(N2CCCCC2)c(C#N)c1-c1cccc(-c2ccncc2)c1. The van der Waals surface area contributed by atoms with E-state index in [1.54, 1.807) is 12.4 Å². The molecule has 29 heavy (non-hydrogen) atoms. The third-order valence-corrected chi connectivity index (χ3v) is 5.25. The fraction of sp³-hybridized carbons (Fsp3) is 0.217. The van der Waals surface area contributed by atoms with Gasteiger partial charge in [0.05, 0.1) is 0 Å². The molecule has 142 valence electrons. The minimum absolute atomic E-state index is 0.163. The van der Waals surface area contributed by atoms with Crippen LogP contribution < -0.4 is 10.6 Å². The third kappa shape index (κ3) is 3.49. The van der Waals surface area contributed by atoms with Crippen LogP contribution in [-0.2, 0) is 0 Å². The van der Waals surface area contributed by atoms with E-state index in [1.807, 2.05) is 36.4 Å². The average molecular weight is 380 g/mol. The zero-order chi connectivity index (χ0) is 20.2. The molecule has 6 heteroatoms. The lowest BCUT2D eigenvalue weighted by Gasteiger charge is -2.29. The van der Waals surface area contributed by atoms with E-state index < -0.39 is 0 Å². The van der Waals surface area contributed by atoms with Gasteiger partial charge in [-0.15, -0.1) is 0 Å². The molecule has 2 aromatic heterocycles. The number of nitriles is 2. The summed E-state index contributed by atoms with van der Waals surface area (Å²) in [4.78, 5) is 10.6. The topological polar surface area (TPSA) is 103 Å². The molecule has 6 nitrogen and oxygen atoms in total. The standard InChI is InChI=1S/C23H20N6/c24-14-19-21(18-6-4-5-17(13-18)16-7-9-27-10-8-16)20(15-25)23(28-22(19)26)29-11-2-1-3-12-29/h4-10,13H,1-3,11-12H2,(H2,26,28). The molecule has 2 N–H and O–H groups in total. The molecule has 1 aromatic carbocycles. The molecule has 0 saturated carbocycles. The number of aromatic nitrogens is 2. The van der Waals surface area contributed by atoms with Crippen molar-refractivity contribution in [2.75, 3.05) is 23.7 Å². The van der Waals surface area contributed by atoms with Crippen LogP contribution in [0, 0.1) is 22.7 Å². The van der Waals surface area contributed by atoms with Gasteiger partial charge in [-0.3, -0.25) is 4.98 Å². The van der Waals surface area contributed by atoms with Crippen molar-refractivity contribution < 1.29 is 0 Å². The Hall–Kier alpha value is -3.90. The molecule has 1 saturated heterocycles. The highest BCUT2D eigenvalue weighted by Gasteiger charge is 2.24. The molecule has 0 amide bonds. The van der Waals surface area contributed by atoms with Gasteiger partial charge in [0.15, 0.2) is 0 Å². The molecule has 0 unspecified atom stereocenters. The van der Waals surface area contributed by atoms with Crippen LogP contribution in [0.5, 0.6) is 0 Å². The van der Waals surface area contributed by atoms with Gasteiger partial charge in [-0.1, -0.05) is 18.2 Å². The minimum Gasteiger partial charge on any atom is -0.383 e. The zero-order valence-electron chi connectivity index (χ0n) is 16.0. The summed E-state index contributed by atoms with van der Waals surface area (Å²) >= 11 is 0. The second-order valence-corrected chi connectivity index (χ2v) is 7.03. The summed E-state index contributed by atoms with van der Waals surface area (Å²) < 4.78 is 0. The Labute approximate surface area is 169 Å². The lowest BCUT2D eigenvalue weighted by Crippen LogP contribution is -2.31. The normalized spacial score (nSPS) is 13.5. The van der Waals surface area contributed by atoms with Crippen LogP contribution in [0.1, 0.15) is 30.4 Å². The van der Waals surface area contributed by atoms with Gasteiger partial charge < -0.3 is 10.6 Å². The van der Waals surface area contributed by atoms with Crippen LogP contribution in [-0.4, -0.2) is 23.1 Å². The molecule has 0 aliphatic carbocycles. The van der Waals surface area contributed by atoms with E-state index >= 15 is 0 Å². The number of nitrogens with two attached hydrogens (primary N) is 1. The summed E-state index contributed by atoms with van der Waals surface area (Å²) in [5.74, 6) is 0.740. The van der Waals surface area contributed by atoms with Gasteiger partial charge >= 0.3 is 0 Å². The highest BCUT2D eigenvalue weighted by Crippen LogP contribution is 2.37. The van der Waals surface area contributed by atoms with Gasteiger partial charge in [0.2, 0.25) is 0 Å². The Balaban J connectivity index is 1.92. The zero-order valence-corrected chi connectivity index (χ0v) is 16.0. The molecule has 0 radical (unpaired) electrons. The molecule has 1 fully saturated rings. The Morgan fingerprint density at radius 3 is 2.24 bits per heavy atom. The second kappa shape index (κ2) is 8.00. The fourth-order valence-electron chi connectivity index (χ4n) is 3.83. The first-order valence-corrected chi connectivity index (χ1v) is 9.62. The van der Waals surface area contributed by atoms with Crippen LogP contribution in [0.25, 0.3) is 22.3 Å². The number of anilines is 2. The first kappa shape index (κ1) is 18.5. The van der Waals surface area contributed by atoms with E-state index in [-0.39, 0.29) is 11.4 Å². The predicted molar refractivity (Wildman–Crippen MR) is 113 cm³/mol. The van der Waals surface area contributed by atoms with Crippen LogP contribution in [0.15, 0.2) is 48.8 Å². The summed E-state index contributed by atoms with van der Waals surface area (Å²) in [5.41, 5.74) is 10.1. The number of nitrogens with zero attached hydrogens (tertiary/aromatic N) is 5. The van der Waals surface area contributed by atoms with Gasteiger partial charge in [-0.2, -0.15) is 10.5 Å². The van der Waals surface area contributed by atoms with Gasteiger partial charge in [0.1, 0.15) is 34.9 Å². The van der Waals surface area contributed by atoms with Gasteiger partial charge in [0.25, 0.3) is 0 Å². The van der Waals surface area contributed by atoms with E-state index in [2.05, 4.69) is 27.0 Å². The summed E-state index contributed by atoms with van der Waals surface area (Å²) in [6.07, 6.45) is 6.76. The molecule has 3 heterocycles. The number of piperidine rings is 1. The van der Waals surface area contributed by atoms with Crippen molar-refractivity contribution in [2.45, 2.75) is 19.3 Å². The number of pyridine rings is 2. The molecule has 1 aliphatic heterocycles. The van der Waals surface area contributed by atoms with Gasteiger partial charge in [-0.25, -0.2) is 4.98 Å². The van der Waals surface area contributed by atoms with E-state index in [1.165, 1.54) is 6.42 Å². The molecule has 4 rings (SSSR count). The average Bonchev–Trinajstić information content (AvgIpc) is 2.79. The number of nitrogen functional groups attached to an aromatic ring is 1. The molecule has 1 aliphatic rings. The molecular formula is C23H20N6. The fourth-order valence-corrected chi connectivity index (χ4v) is 3.83. The monoisotopic (exact) mass is 380 g/mol. The lowest BCUT2D eigenvalue weighted by atomic mass is 9.93. The number of benzene rings is 1. The molecule has 0 bridgehead atoms. The molecule has 3 aromatic rings. The highest BCUT2D eigenvalue weighted by atomic mass is 15.2. The summed E-state index contributed by atoms with van der Waals surface area (Å²) in [7, 11) is 0. The molecule has 0 spiro atoms. The second-order valence-electron chi connectivity index (χ2n) is 7.03. The van der Waals surface area contributed by atoms with Gasteiger partial charge in [-0.05, 0) is 54.2 Å². The van der Waals surface area contributed by atoms with E-state index in [0.717, 1.165) is 42.6 Å². The Bertz CT molecular complexity index is 1120. The third-order valence-electron chi connectivity index (χ3n) is 5.25. The van der Waals surface area contributed by atoms with E-state index in [0.29, 0.717) is 16.9 Å². The highest BCUT2D eigenvalue weighted by molar-refractivity contribution is 5.87. The Morgan fingerprint density at radius 1 is 0.862 bits per heavy atom. The van der Waals surface area contributed by atoms with Crippen LogP contribution in [0.2, 0.25) is 0 Å². The number of hydrogen-bond acceptors (Lipinski definition) is 6. The largest absolute Gasteiger partial charge is 0.383 e. The van der Waals surface area contributed by atoms with Crippen molar-refractivity contribution in [2.24, 2.45) is 0 Å². The van der Waals surface area contributed by atoms with Crippen LogP contribution in [0.4, 0.5) is 11.6 Å². The van der Waals surface area contributed by atoms with Crippen molar-refractivity contribution in [1.82, 2.24) is 9.97 Å². The van der Waals surface area contributed by atoms with E-state index in [4.69, 9.17) is 5.73 Å². The quantitative estimate of drug-likeness (QED) is 0.733.